The molecule has 1 fully saturated rings. The van der Waals surface area contributed by atoms with Crippen LogP contribution in [0, 0.1) is 0 Å². The van der Waals surface area contributed by atoms with E-state index in [1.54, 1.807) is 59.6 Å². The Labute approximate surface area is 154 Å². The Morgan fingerprint density at radius 3 is 2.15 bits per heavy atom. The van der Waals surface area contributed by atoms with Gasteiger partial charge in [-0.15, -0.1) is 0 Å². The van der Waals surface area contributed by atoms with Crippen molar-refractivity contribution in [3.8, 4) is 0 Å². The molecule has 27 heavy (non-hydrogen) atoms. The highest BCUT2D eigenvalue weighted by molar-refractivity contribution is 5.97. The van der Waals surface area contributed by atoms with Gasteiger partial charge in [-0.05, 0) is 30.3 Å². The number of hydrogen-bond donors (Lipinski definition) is 0. The van der Waals surface area contributed by atoms with E-state index in [-0.39, 0.29) is 11.8 Å². The molecule has 4 rings (SSSR count). The molecule has 3 heterocycles. The van der Waals surface area contributed by atoms with Gasteiger partial charge in [-0.2, -0.15) is 0 Å². The summed E-state index contributed by atoms with van der Waals surface area (Å²) in [5, 5.41) is 0. The number of rotatable bonds is 2. The number of piperazine rings is 1. The van der Waals surface area contributed by atoms with Gasteiger partial charge in [0.2, 0.25) is 0 Å². The van der Waals surface area contributed by atoms with Gasteiger partial charge in [0, 0.05) is 56.7 Å². The molecule has 0 radical (unpaired) electrons. The Balaban J connectivity index is 1.46. The van der Waals surface area contributed by atoms with Gasteiger partial charge in [0.15, 0.2) is 5.58 Å². The molecule has 2 amide bonds. The fraction of sp³-hybridized carbons (Fsp3) is 0.263. The molecule has 0 saturated carbocycles. The first-order valence-corrected chi connectivity index (χ1v) is 8.63. The van der Waals surface area contributed by atoms with Gasteiger partial charge < -0.3 is 14.2 Å². The van der Waals surface area contributed by atoms with Crippen LogP contribution in [-0.2, 0) is 7.05 Å². The fourth-order valence-corrected chi connectivity index (χ4v) is 3.24. The number of pyridine rings is 1. The summed E-state index contributed by atoms with van der Waals surface area (Å²) in [6.07, 6.45) is 3.18. The number of carbonyl (C=O) groups is 2. The average molecular weight is 366 g/mol. The van der Waals surface area contributed by atoms with Crippen molar-refractivity contribution in [1.29, 1.82) is 0 Å². The van der Waals surface area contributed by atoms with E-state index in [1.165, 1.54) is 4.57 Å². The second-order valence-electron chi connectivity index (χ2n) is 6.43. The van der Waals surface area contributed by atoms with Gasteiger partial charge in [0.25, 0.3) is 11.8 Å². The summed E-state index contributed by atoms with van der Waals surface area (Å²) in [4.78, 5) is 44.2. The Bertz CT molecular complexity index is 1060. The van der Waals surface area contributed by atoms with Gasteiger partial charge in [-0.1, -0.05) is 0 Å². The molecule has 8 nitrogen and oxygen atoms in total. The molecule has 138 valence electrons. The van der Waals surface area contributed by atoms with E-state index in [2.05, 4.69) is 4.98 Å². The SMILES string of the molecule is Cn1c(=O)oc2cc(C(=O)N3CCN(C(=O)c4ccncc4)CC3)ccc21. The quantitative estimate of drug-likeness (QED) is 0.678. The van der Waals surface area contributed by atoms with Gasteiger partial charge in [0.05, 0.1) is 5.52 Å². The van der Waals surface area contributed by atoms with Crippen LogP contribution in [0.15, 0.2) is 51.9 Å². The Kier molecular flexibility index (Phi) is 4.23. The van der Waals surface area contributed by atoms with Crippen LogP contribution in [0.2, 0.25) is 0 Å². The first-order valence-electron chi connectivity index (χ1n) is 8.63. The Morgan fingerprint density at radius 1 is 0.926 bits per heavy atom. The Morgan fingerprint density at radius 2 is 1.52 bits per heavy atom. The number of nitrogens with zero attached hydrogens (tertiary/aromatic N) is 4. The fourth-order valence-electron chi connectivity index (χ4n) is 3.24. The van der Waals surface area contributed by atoms with Gasteiger partial charge >= 0.3 is 5.76 Å². The van der Waals surface area contributed by atoms with Gasteiger partial charge in [-0.25, -0.2) is 4.79 Å². The number of carbonyl (C=O) groups excluding carboxylic acids is 2. The molecule has 0 N–H and O–H groups in total. The molecule has 0 bridgehead atoms. The standard InChI is InChI=1S/C19H18N4O4/c1-21-15-3-2-14(12-16(15)27-19(21)26)18(25)23-10-8-22(9-11-23)17(24)13-4-6-20-7-5-13/h2-7,12H,8-11H2,1H3. The first-order chi connectivity index (χ1) is 13.0. The van der Waals surface area contributed by atoms with Crippen LogP contribution in [0.1, 0.15) is 20.7 Å². The molecule has 0 unspecified atom stereocenters. The normalized spacial score (nSPS) is 14.6. The van der Waals surface area contributed by atoms with Crippen molar-refractivity contribution in [2.75, 3.05) is 26.2 Å². The van der Waals surface area contributed by atoms with Crippen molar-refractivity contribution >= 4 is 22.9 Å². The third-order valence-corrected chi connectivity index (χ3v) is 4.82. The zero-order chi connectivity index (χ0) is 19.0. The molecule has 1 saturated heterocycles. The first kappa shape index (κ1) is 17.0. The van der Waals surface area contributed by atoms with Crippen LogP contribution >= 0.6 is 0 Å². The minimum Gasteiger partial charge on any atom is -0.408 e. The molecule has 1 aliphatic heterocycles. The highest BCUT2D eigenvalue weighted by Gasteiger charge is 2.26. The van der Waals surface area contributed by atoms with E-state index in [1.807, 2.05) is 0 Å². The van der Waals surface area contributed by atoms with Gasteiger partial charge in [0.1, 0.15) is 0 Å². The number of fused-ring (bicyclic) bond motifs is 1. The molecule has 1 aromatic carbocycles. The van der Waals surface area contributed by atoms with Crippen molar-refractivity contribution in [2.24, 2.45) is 7.05 Å². The lowest BCUT2D eigenvalue weighted by atomic mass is 10.1. The van der Waals surface area contributed by atoms with E-state index < -0.39 is 5.76 Å². The minimum atomic E-state index is -0.460. The largest absolute Gasteiger partial charge is 0.419 e. The molecule has 2 aromatic heterocycles. The number of aromatic nitrogens is 2. The van der Waals surface area contributed by atoms with Crippen LogP contribution in [-0.4, -0.2) is 57.3 Å². The number of aryl methyl sites for hydroxylation is 1. The number of amides is 2. The van der Waals surface area contributed by atoms with E-state index in [9.17, 15) is 14.4 Å². The minimum absolute atomic E-state index is 0.0584. The molecule has 0 spiro atoms. The van der Waals surface area contributed by atoms with Crippen molar-refractivity contribution in [2.45, 2.75) is 0 Å². The van der Waals surface area contributed by atoms with E-state index >= 15 is 0 Å². The highest BCUT2D eigenvalue weighted by Crippen LogP contribution is 2.17. The summed E-state index contributed by atoms with van der Waals surface area (Å²) in [7, 11) is 1.62. The molecule has 0 aliphatic carbocycles. The molecular formula is C19H18N4O4. The number of hydrogen-bond acceptors (Lipinski definition) is 5. The maximum absolute atomic E-state index is 12.8. The van der Waals surface area contributed by atoms with Crippen molar-refractivity contribution in [3.63, 3.8) is 0 Å². The van der Waals surface area contributed by atoms with Crippen LogP contribution in [0.3, 0.4) is 0 Å². The van der Waals surface area contributed by atoms with Crippen LogP contribution < -0.4 is 5.76 Å². The maximum atomic E-state index is 12.8. The van der Waals surface area contributed by atoms with Crippen LogP contribution in [0.25, 0.3) is 11.1 Å². The van der Waals surface area contributed by atoms with Crippen LogP contribution in [0.4, 0.5) is 0 Å². The molecule has 8 heteroatoms. The predicted octanol–water partition coefficient (Wildman–Crippen LogP) is 1.12. The maximum Gasteiger partial charge on any atom is 0.419 e. The zero-order valence-electron chi connectivity index (χ0n) is 14.8. The summed E-state index contributed by atoms with van der Waals surface area (Å²) in [5.41, 5.74) is 2.09. The average Bonchev–Trinajstić information content (AvgIpc) is 3.01. The predicted molar refractivity (Wildman–Crippen MR) is 97.5 cm³/mol. The summed E-state index contributed by atoms with van der Waals surface area (Å²) < 4.78 is 6.55. The summed E-state index contributed by atoms with van der Waals surface area (Å²) in [5.74, 6) is -0.658. The molecule has 1 aliphatic rings. The zero-order valence-corrected chi connectivity index (χ0v) is 14.8. The summed E-state index contributed by atoms with van der Waals surface area (Å²) >= 11 is 0. The van der Waals surface area contributed by atoms with E-state index in [4.69, 9.17) is 4.42 Å². The van der Waals surface area contributed by atoms with Crippen molar-refractivity contribution in [1.82, 2.24) is 19.4 Å². The monoisotopic (exact) mass is 366 g/mol. The summed E-state index contributed by atoms with van der Waals surface area (Å²) in [6, 6.07) is 8.35. The number of benzene rings is 1. The summed E-state index contributed by atoms with van der Waals surface area (Å²) in [6.45, 7) is 1.84. The van der Waals surface area contributed by atoms with Gasteiger partial charge in [-0.3, -0.25) is 19.1 Å². The second-order valence-corrected chi connectivity index (χ2v) is 6.43. The third kappa shape index (κ3) is 3.10. The molecule has 0 atom stereocenters. The van der Waals surface area contributed by atoms with E-state index in [0.29, 0.717) is 48.4 Å². The lowest BCUT2D eigenvalue weighted by Gasteiger charge is -2.34. The van der Waals surface area contributed by atoms with Crippen molar-refractivity contribution in [3.05, 3.63) is 64.4 Å². The Hall–Kier alpha value is -3.42. The van der Waals surface area contributed by atoms with E-state index in [0.717, 1.165) is 0 Å². The lowest BCUT2D eigenvalue weighted by Crippen LogP contribution is -2.50. The lowest BCUT2D eigenvalue weighted by molar-refractivity contribution is 0.0535. The highest BCUT2D eigenvalue weighted by atomic mass is 16.4. The van der Waals surface area contributed by atoms with Crippen LogP contribution in [0.5, 0.6) is 0 Å². The topological polar surface area (TPSA) is 88.7 Å². The van der Waals surface area contributed by atoms with Crippen molar-refractivity contribution < 1.29 is 14.0 Å². The molecule has 3 aromatic rings. The number of oxazole rings is 1. The smallest absolute Gasteiger partial charge is 0.408 e. The third-order valence-electron chi connectivity index (χ3n) is 4.82. The second kappa shape index (κ2) is 6.71. The molecular weight excluding hydrogens is 348 g/mol.